The number of anilines is 1. The van der Waals surface area contributed by atoms with Crippen LogP contribution in [0.3, 0.4) is 0 Å². The first-order chi connectivity index (χ1) is 13.9. The monoisotopic (exact) mass is 490 g/mol. The first kappa shape index (κ1) is 21.6. The van der Waals surface area contributed by atoms with Crippen LogP contribution < -0.4 is 5.32 Å². The highest BCUT2D eigenvalue weighted by Crippen LogP contribution is 2.30. The van der Waals surface area contributed by atoms with Crippen LogP contribution in [0.5, 0.6) is 0 Å². The number of nitrogens with one attached hydrogen (secondary N) is 1. The van der Waals surface area contributed by atoms with Crippen molar-refractivity contribution < 1.29 is 4.79 Å². The van der Waals surface area contributed by atoms with Gasteiger partial charge in [0.05, 0.1) is 16.5 Å². The number of carbonyl (C=O) groups is 1. The van der Waals surface area contributed by atoms with Gasteiger partial charge in [-0.05, 0) is 65.2 Å². The minimum absolute atomic E-state index is 0.119. The van der Waals surface area contributed by atoms with Gasteiger partial charge in [0.25, 0.3) is 0 Å². The zero-order chi connectivity index (χ0) is 21.0. The van der Waals surface area contributed by atoms with Gasteiger partial charge in [-0.25, -0.2) is 0 Å². The summed E-state index contributed by atoms with van der Waals surface area (Å²) in [6.45, 7) is 8.37. The van der Waals surface area contributed by atoms with Crippen LogP contribution in [-0.2, 0) is 11.3 Å². The van der Waals surface area contributed by atoms with Crippen LogP contribution in [0.2, 0.25) is 5.02 Å². The summed E-state index contributed by atoms with van der Waals surface area (Å²) in [5, 5.41) is 12.7. The van der Waals surface area contributed by atoms with Crippen molar-refractivity contribution in [3.63, 3.8) is 0 Å². The summed E-state index contributed by atoms with van der Waals surface area (Å²) >= 11 is 11.1. The number of amides is 1. The quantitative estimate of drug-likeness (QED) is 0.330. The summed E-state index contributed by atoms with van der Waals surface area (Å²) in [5.41, 5.74) is 3.82. The van der Waals surface area contributed by atoms with Gasteiger partial charge >= 0.3 is 0 Å². The van der Waals surface area contributed by atoms with Gasteiger partial charge in [0, 0.05) is 16.6 Å². The summed E-state index contributed by atoms with van der Waals surface area (Å²) in [6.07, 6.45) is 1.76. The van der Waals surface area contributed by atoms with E-state index in [1.165, 1.54) is 11.8 Å². The maximum absolute atomic E-state index is 12.5. The third-order valence-corrected chi connectivity index (χ3v) is 6.29. The van der Waals surface area contributed by atoms with E-state index in [1.54, 1.807) is 6.08 Å². The average molecular weight is 492 g/mol. The summed E-state index contributed by atoms with van der Waals surface area (Å²) in [5.74, 6) is 0.735. The molecule has 0 bridgehead atoms. The van der Waals surface area contributed by atoms with Gasteiger partial charge in [-0.15, -0.1) is 16.8 Å². The van der Waals surface area contributed by atoms with E-state index < -0.39 is 0 Å². The first-order valence-electron chi connectivity index (χ1n) is 8.89. The number of hydrogen-bond acceptors (Lipinski definition) is 4. The standard InChI is InChI=1S/C21H20BrClN4OS/c1-4-9-27-20(15-7-5-6-8-17(15)23)25-26-21(27)29-12-19(28)24-18-11-14(3)13(2)10-16(18)22/h4-8,10-11H,1,9,12H2,2-3H3,(H,24,28). The molecule has 0 aliphatic heterocycles. The van der Waals surface area contributed by atoms with E-state index >= 15 is 0 Å². The third kappa shape index (κ3) is 5.10. The molecule has 8 heteroatoms. The Morgan fingerprint density at radius 1 is 1.28 bits per heavy atom. The summed E-state index contributed by atoms with van der Waals surface area (Å²) in [4.78, 5) is 12.5. The molecule has 2 aromatic carbocycles. The average Bonchev–Trinajstić information content (AvgIpc) is 3.07. The van der Waals surface area contributed by atoms with Crippen molar-refractivity contribution in [3.05, 3.63) is 69.7 Å². The van der Waals surface area contributed by atoms with Crippen molar-refractivity contribution in [2.75, 3.05) is 11.1 Å². The van der Waals surface area contributed by atoms with Crippen molar-refractivity contribution in [3.8, 4) is 11.4 Å². The number of thioether (sulfide) groups is 1. The summed E-state index contributed by atoms with van der Waals surface area (Å²) in [7, 11) is 0. The van der Waals surface area contributed by atoms with Crippen LogP contribution >= 0.6 is 39.3 Å². The number of rotatable bonds is 7. The van der Waals surface area contributed by atoms with E-state index in [9.17, 15) is 4.79 Å². The molecule has 150 valence electrons. The lowest BCUT2D eigenvalue weighted by Crippen LogP contribution is -2.15. The van der Waals surface area contributed by atoms with Crippen molar-refractivity contribution in [2.45, 2.75) is 25.5 Å². The summed E-state index contributed by atoms with van der Waals surface area (Å²) in [6, 6.07) is 11.4. The lowest BCUT2D eigenvalue weighted by atomic mass is 10.1. The fourth-order valence-corrected chi connectivity index (χ4v) is 4.25. The largest absolute Gasteiger partial charge is 0.324 e. The van der Waals surface area contributed by atoms with E-state index in [2.05, 4.69) is 38.0 Å². The highest BCUT2D eigenvalue weighted by molar-refractivity contribution is 9.10. The number of aromatic nitrogens is 3. The molecule has 3 rings (SSSR count). The fourth-order valence-electron chi connectivity index (χ4n) is 2.72. The lowest BCUT2D eigenvalue weighted by Gasteiger charge is -2.11. The molecule has 1 N–H and O–H groups in total. The lowest BCUT2D eigenvalue weighted by molar-refractivity contribution is -0.113. The van der Waals surface area contributed by atoms with Crippen molar-refractivity contribution in [2.24, 2.45) is 0 Å². The van der Waals surface area contributed by atoms with E-state index in [0.29, 0.717) is 22.5 Å². The molecule has 0 aliphatic carbocycles. The number of allylic oxidation sites excluding steroid dienone is 1. The molecule has 29 heavy (non-hydrogen) atoms. The Morgan fingerprint density at radius 3 is 2.72 bits per heavy atom. The van der Waals surface area contributed by atoms with Crippen LogP contribution in [0.25, 0.3) is 11.4 Å². The Morgan fingerprint density at radius 2 is 2.00 bits per heavy atom. The minimum Gasteiger partial charge on any atom is -0.324 e. The first-order valence-corrected chi connectivity index (χ1v) is 11.0. The van der Waals surface area contributed by atoms with Gasteiger partial charge in [-0.3, -0.25) is 9.36 Å². The minimum atomic E-state index is -0.119. The van der Waals surface area contributed by atoms with Crippen LogP contribution in [0, 0.1) is 13.8 Å². The molecule has 0 atom stereocenters. The van der Waals surface area contributed by atoms with Crippen molar-refractivity contribution >= 4 is 50.9 Å². The smallest absolute Gasteiger partial charge is 0.234 e. The van der Waals surface area contributed by atoms with Gasteiger partial charge in [0.15, 0.2) is 11.0 Å². The molecule has 0 saturated carbocycles. The Labute approximate surface area is 187 Å². The Bertz CT molecular complexity index is 1070. The highest BCUT2D eigenvalue weighted by atomic mass is 79.9. The number of benzene rings is 2. The van der Waals surface area contributed by atoms with Crippen LogP contribution in [-0.4, -0.2) is 26.4 Å². The molecule has 1 aromatic heterocycles. The predicted octanol–water partition coefficient (Wildman–Crippen LogP) is 5.89. The number of hydrogen-bond donors (Lipinski definition) is 1. The number of aryl methyl sites for hydroxylation is 2. The SMILES string of the molecule is C=CCn1c(SCC(=O)Nc2cc(C)c(C)cc2Br)nnc1-c1ccccc1Cl. The molecule has 0 spiro atoms. The second-order valence-electron chi connectivity index (χ2n) is 6.44. The van der Waals surface area contributed by atoms with E-state index in [1.807, 2.05) is 54.8 Å². The maximum atomic E-state index is 12.5. The maximum Gasteiger partial charge on any atom is 0.234 e. The predicted molar refractivity (Wildman–Crippen MR) is 124 cm³/mol. The van der Waals surface area contributed by atoms with E-state index in [0.717, 1.165) is 26.9 Å². The highest BCUT2D eigenvalue weighted by Gasteiger charge is 2.17. The van der Waals surface area contributed by atoms with E-state index in [-0.39, 0.29) is 11.7 Å². The Kier molecular flexibility index (Phi) is 7.16. The number of carbonyl (C=O) groups excluding carboxylic acids is 1. The molecule has 3 aromatic rings. The zero-order valence-corrected chi connectivity index (χ0v) is 19.2. The second-order valence-corrected chi connectivity index (χ2v) is 8.64. The number of halogens is 2. The molecular weight excluding hydrogens is 472 g/mol. The normalized spacial score (nSPS) is 10.8. The van der Waals surface area contributed by atoms with E-state index in [4.69, 9.17) is 11.6 Å². The van der Waals surface area contributed by atoms with Gasteiger partial charge in [0.1, 0.15) is 0 Å². The fraction of sp³-hybridized carbons (Fsp3) is 0.190. The van der Waals surface area contributed by atoms with Crippen LogP contribution in [0.4, 0.5) is 5.69 Å². The Balaban J connectivity index is 1.75. The molecule has 1 amide bonds. The number of nitrogens with zero attached hydrogens (tertiary/aromatic N) is 3. The van der Waals surface area contributed by atoms with Crippen molar-refractivity contribution in [1.82, 2.24) is 14.8 Å². The summed E-state index contributed by atoms with van der Waals surface area (Å²) < 4.78 is 2.76. The third-order valence-electron chi connectivity index (χ3n) is 4.33. The van der Waals surface area contributed by atoms with Crippen molar-refractivity contribution in [1.29, 1.82) is 0 Å². The van der Waals surface area contributed by atoms with Gasteiger partial charge in [-0.2, -0.15) is 0 Å². The second kappa shape index (κ2) is 9.61. The van der Waals surface area contributed by atoms with Gasteiger partial charge in [-0.1, -0.05) is 41.6 Å². The molecule has 0 aliphatic rings. The van der Waals surface area contributed by atoms with Crippen LogP contribution in [0.1, 0.15) is 11.1 Å². The topological polar surface area (TPSA) is 59.8 Å². The molecule has 5 nitrogen and oxygen atoms in total. The Hall–Kier alpha value is -2.09. The molecule has 0 saturated heterocycles. The van der Waals surface area contributed by atoms with Crippen LogP contribution in [0.15, 0.2) is 58.7 Å². The molecule has 0 radical (unpaired) electrons. The van der Waals surface area contributed by atoms with Gasteiger partial charge < -0.3 is 5.32 Å². The zero-order valence-electron chi connectivity index (χ0n) is 16.1. The molecule has 0 fully saturated rings. The molecule has 1 heterocycles. The van der Waals surface area contributed by atoms with Gasteiger partial charge in [0.2, 0.25) is 5.91 Å². The molecular formula is C21H20BrClN4OS. The molecule has 0 unspecified atom stereocenters.